The maximum absolute atomic E-state index is 13.5. The lowest BCUT2D eigenvalue weighted by molar-refractivity contribution is -0.140. The number of aryl methyl sites for hydroxylation is 1. The van der Waals surface area contributed by atoms with Crippen molar-refractivity contribution < 1.29 is 22.7 Å². The van der Waals surface area contributed by atoms with Crippen LogP contribution in [0.4, 0.5) is 0 Å². The van der Waals surface area contributed by atoms with E-state index in [-0.39, 0.29) is 23.5 Å². The van der Waals surface area contributed by atoms with Gasteiger partial charge in [0.15, 0.2) is 0 Å². The summed E-state index contributed by atoms with van der Waals surface area (Å²) in [6.07, 6.45) is 1.18. The first-order chi connectivity index (χ1) is 15.3. The number of esters is 1. The van der Waals surface area contributed by atoms with Gasteiger partial charge in [0.2, 0.25) is 5.91 Å². The number of hydrogen-bond donors (Lipinski definition) is 0. The number of fused-ring (bicyclic) bond motifs is 1. The minimum absolute atomic E-state index is 0.0234. The van der Waals surface area contributed by atoms with Gasteiger partial charge < -0.3 is 4.74 Å². The van der Waals surface area contributed by atoms with Crippen LogP contribution in [0.15, 0.2) is 83.3 Å². The molecule has 164 valence electrons. The molecular weight excluding hydrogens is 426 g/mol. The van der Waals surface area contributed by atoms with Crippen molar-refractivity contribution in [3.63, 3.8) is 0 Å². The van der Waals surface area contributed by atoms with Crippen LogP contribution in [-0.2, 0) is 24.3 Å². The predicted octanol–water partition coefficient (Wildman–Crippen LogP) is 4.30. The molecule has 1 heterocycles. The number of hydrogen-bond acceptors (Lipinski definition) is 5. The molecule has 3 aromatic rings. The summed E-state index contributed by atoms with van der Waals surface area (Å²) in [7, 11) is -4.15. The highest BCUT2D eigenvalue weighted by Gasteiger charge is 2.40. The SMILES string of the molecule is CCOC(=O)C1=CC(c2ccc3ccccc3c2)N(S(=O)(=O)c2ccc(C)cc2)C(=O)C1. The minimum Gasteiger partial charge on any atom is -0.463 e. The molecular formula is C25H23NO5S. The van der Waals surface area contributed by atoms with E-state index < -0.39 is 27.9 Å². The van der Waals surface area contributed by atoms with Gasteiger partial charge >= 0.3 is 5.97 Å². The molecule has 0 radical (unpaired) electrons. The van der Waals surface area contributed by atoms with E-state index in [0.29, 0.717) is 5.56 Å². The quantitative estimate of drug-likeness (QED) is 0.543. The van der Waals surface area contributed by atoms with Crippen LogP contribution >= 0.6 is 0 Å². The second-order valence-electron chi connectivity index (χ2n) is 7.65. The molecule has 0 bridgehead atoms. The van der Waals surface area contributed by atoms with Gasteiger partial charge in [-0.05, 0) is 54.5 Å². The van der Waals surface area contributed by atoms with Crippen molar-refractivity contribution in [3.05, 3.63) is 89.5 Å². The number of amides is 1. The third kappa shape index (κ3) is 4.03. The Labute approximate surface area is 187 Å². The Morgan fingerprint density at radius 1 is 1.03 bits per heavy atom. The van der Waals surface area contributed by atoms with E-state index in [1.807, 2.05) is 43.3 Å². The number of sulfonamides is 1. The lowest BCUT2D eigenvalue weighted by Crippen LogP contribution is -2.42. The second kappa shape index (κ2) is 8.59. The molecule has 0 saturated carbocycles. The van der Waals surface area contributed by atoms with E-state index in [0.717, 1.165) is 20.6 Å². The smallest absolute Gasteiger partial charge is 0.334 e. The number of rotatable bonds is 5. The van der Waals surface area contributed by atoms with E-state index in [2.05, 4.69) is 0 Å². The molecule has 1 aliphatic heterocycles. The molecule has 1 atom stereocenters. The van der Waals surface area contributed by atoms with Crippen LogP contribution < -0.4 is 0 Å². The fourth-order valence-corrected chi connectivity index (χ4v) is 5.33. The Kier molecular flexibility index (Phi) is 5.84. The van der Waals surface area contributed by atoms with Crippen molar-refractivity contribution in [2.75, 3.05) is 6.61 Å². The Hall–Kier alpha value is -3.45. The fourth-order valence-electron chi connectivity index (χ4n) is 3.81. The number of nitrogens with zero attached hydrogens (tertiary/aromatic N) is 1. The van der Waals surface area contributed by atoms with Crippen molar-refractivity contribution in [2.45, 2.75) is 31.2 Å². The summed E-state index contributed by atoms with van der Waals surface area (Å²) in [5, 5.41) is 1.89. The van der Waals surface area contributed by atoms with Crippen LogP contribution in [0, 0.1) is 6.92 Å². The van der Waals surface area contributed by atoms with Gasteiger partial charge in [-0.1, -0.05) is 54.1 Å². The van der Waals surface area contributed by atoms with Gasteiger partial charge in [-0.2, -0.15) is 0 Å². The lowest BCUT2D eigenvalue weighted by Gasteiger charge is -2.33. The van der Waals surface area contributed by atoms with Gasteiger partial charge in [0.05, 0.1) is 24.0 Å². The van der Waals surface area contributed by atoms with Crippen LogP contribution in [0.5, 0.6) is 0 Å². The molecule has 0 saturated heterocycles. The van der Waals surface area contributed by atoms with Crippen molar-refractivity contribution in [1.29, 1.82) is 0 Å². The summed E-state index contributed by atoms with van der Waals surface area (Å²) >= 11 is 0. The van der Waals surface area contributed by atoms with Crippen LogP contribution in [0.1, 0.15) is 30.5 Å². The van der Waals surface area contributed by atoms with Gasteiger partial charge in [0, 0.05) is 5.57 Å². The second-order valence-corrected chi connectivity index (χ2v) is 9.46. The Morgan fingerprint density at radius 2 is 1.72 bits per heavy atom. The van der Waals surface area contributed by atoms with Gasteiger partial charge in [0.1, 0.15) is 0 Å². The van der Waals surface area contributed by atoms with Gasteiger partial charge in [-0.3, -0.25) is 4.79 Å². The van der Waals surface area contributed by atoms with E-state index in [1.54, 1.807) is 25.1 Å². The molecule has 6 nitrogen and oxygen atoms in total. The summed E-state index contributed by atoms with van der Waals surface area (Å²) in [5.41, 5.74) is 1.66. The first-order valence-electron chi connectivity index (χ1n) is 10.3. The van der Waals surface area contributed by atoms with Crippen molar-refractivity contribution in [3.8, 4) is 0 Å². The van der Waals surface area contributed by atoms with Gasteiger partial charge in [-0.15, -0.1) is 0 Å². The van der Waals surface area contributed by atoms with E-state index in [9.17, 15) is 18.0 Å². The maximum atomic E-state index is 13.5. The first-order valence-corrected chi connectivity index (χ1v) is 11.8. The van der Waals surface area contributed by atoms with Crippen LogP contribution in [0.25, 0.3) is 10.8 Å². The molecule has 0 aliphatic carbocycles. The zero-order valence-corrected chi connectivity index (χ0v) is 18.6. The Balaban J connectivity index is 1.87. The number of benzene rings is 3. The average molecular weight is 450 g/mol. The summed E-state index contributed by atoms with van der Waals surface area (Å²) in [6, 6.07) is 18.5. The van der Waals surface area contributed by atoms with Crippen molar-refractivity contribution in [2.24, 2.45) is 0 Å². The lowest BCUT2D eigenvalue weighted by atomic mass is 9.96. The number of ether oxygens (including phenoxy) is 1. The van der Waals surface area contributed by atoms with E-state index >= 15 is 0 Å². The Morgan fingerprint density at radius 3 is 2.41 bits per heavy atom. The zero-order valence-electron chi connectivity index (χ0n) is 17.8. The highest BCUT2D eigenvalue weighted by Crippen LogP contribution is 2.36. The topological polar surface area (TPSA) is 80.8 Å². The highest BCUT2D eigenvalue weighted by atomic mass is 32.2. The molecule has 0 fully saturated rings. The summed E-state index contributed by atoms with van der Waals surface area (Å²) < 4.78 is 33.0. The predicted molar refractivity (Wildman–Crippen MR) is 121 cm³/mol. The standard InChI is InChI=1S/C25H23NO5S/c1-3-31-25(28)21-15-23(20-11-10-18-6-4-5-7-19(18)14-20)26(24(27)16-21)32(29,30)22-12-8-17(2)9-13-22/h4-15,23H,3,16H2,1-2H3. The molecule has 3 aromatic carbocycles. The molecule has 1 amide bonds. The third-order valence-corrected chi connectivity index (χ3v) is 7.25. The first kappa shape index (κ1) is 21.8. The summed E-state index contributed by atoms with van der Waals surface area (Å²) in [6.45, 7) is 3.70. The Bertz CT molecular complexity index is 1330. The monoisotopic (exact) mass is 449 g/mol. The fraction of sp³-hybridized carbons (Fsp3) is 0.200. The van der Waals surface area contributed by atoms with Crippen LogP contribution in [-0.4, -0.2) is 31.2 Å². The van der Waals surface area contributed by atoms with E-state index in [4.69, 9.17) is 4.74 Å². The minimum atomic E-state index is -4.15. The molecule has 1 aliphatic rings. The molecule has 0 spiro atoms. The molecule has 4 rings (SSSR count). The van der Waals surface area contributed by atoms with Gasteiger partial charge in [0.25, 0.3) is 10.0 Å². The molecule has 7 heteroatoms. The normalized spacial score (nSPS) is 16.7. The average Bonchev–Trinajstić information content (AvgIpc) is 2.78. The maximum Gasteiger partial charge on any atom is 0.334 e. The largest absolute Gasteiger partial charge is 0.463 e. The van der Waals surface area contributed by atoms with E-state index in [1.165, 1.54) is 18.2 Å². The summed E-state index contributed by atoms with van der Waals surface area (Å²) in [5.74, 6) is -1.28. The molecule has 0 N–H and O–H groups in total. The zero-order chi connectivity index (χ0) is 22.9. The highest BCUT2D eigenvalue weighted by molar-refractivity contribution is 7.89. The van der Waals surface area contributed by atoms with Crippen molar-refractivity contribution >= 4 is 32.7 Å². The molecule has 0 aromatic heterocycles. The van der Waals surface area contributed by atoms with Crippen LogP contribution in [0.2, 0.25) is 0 Å². The summed E-state index contributed by atoms with van der Waals surface area (Å²) in [4.78, 5) is 25.6. The third-order valence-electron chi connectivity index (χ3n) is 5.43. The molecule has 32 heavy (non-hydrogen) atoms. The van der Waals surface area contributed by atoms with Gasteiger partial charge in [-0.25, -0.2) is 17.5 Å². The number of carbonyl (C=O) groups is 2. The molecule has 1 unspecified atom stereocenters. The number of carbonyl (C=O) groups excluding carboxylic acids is 2. The van der Waals surface area contributed by atoms with Crippen LogP contribution in [0.3, 0.4) is 0 Å². The van der Waals surface area contributed by atoms with Crippen molar-refractivity contribution in [1.82, 2.24) is 4.31 Å².